The molecule has 0 fully saturated rings. The van der Waals surface area contributed by atoms with E-state index in [4.69, 9.17) is 16.3 Å². The van der Waals surface area contributed by atoms with Crippen LogP contribution in [0.25, 0.3) is 11.0 Å². The summed E-state index contributed by atoms with van der Waals surface area (Å²) in [6.45, 7) is 5.46. The third-order valence-corrected chi connectivity index (χ3v) is 5.65. The van der Waals surface area contributed by atoms with E-state index in [2.05, 4.69) is 9.97 Å². The summed E-state index contributed by atoms with van der Waals surface area (Å²) in [7, 11) is 0. The maximum atomic E-state index is 12.8. The summed E-state index contributed by atoms with van der Waals surface area (Å²) in [4.78, 5) is 20.7. The molecule has 0 unspecified atom stereocenters. The standard InChI is InChI=1S/C24H21ClN2O3/c1-13-14(2)23(30-24(29)16-8-10-17(25)11-9-16)18(15(3)22(13)28)12-21-26-19-6-4-5-7-20(19)27-21/h4-11,28H,12H2,1-3H3,(H,26,27). The number of carbonyl (C=O) groups is 1. The van der Waals surface area contributed by atoms with Gasteiger partial charge in [-0.05, 0) is 73.9 Å². The van der Waals surface area contributed by atoms with Gasteiger partial charge in [0.1, 0.15) is 17.3 Å². The van der Waals surface area contributed by atoms with Crippen LogP contribution in [-0.4, -0.2) is 21.0 Å². The zero-order valence-corrected chi connectivity index (χ0v) is 17.7. The van der Waals surface area contributed by atoms with Gasteiger partial charge in [-0.15, -0.1) is 0 Å². The largest absolute Gasteiger partial charge is 0.507 e. The van der Waals surface area contributed by atoms with Crippen LogP contribution in [0.4, 0.5) is 0 Å². The highest BCUT2D eigenvalue weighted by Gasteiger charge is 2.22. The summed E-state index contributed by atoms with van der Waals surface area (Å²) >= 11 is 5.92. The van der Waals surface area contributed by atoms with Crippen molar-refractivity contribution >= 4 is 28.6 Å². The van der Waals surface area contributed by atoms with E-state index in [1.54, 1.807) is 24.3 Å². The van der Waals surface area contributed by atoms with Crippen molar-refractivity contribution < 1.29 is 14.6 Å². The van der Waals surface area contributed by atoms with E-state index < -0.39 is 5.97 Å². The lowest BCUT2D eigenvalue weighted by Gasteiger charge is -2.19. The molecule has 0 radical (unpaired) electrons. The van der Waals surface area contributed by atoms with Crippen LogP contribution in [0, 0.1) is 20.8 Å². The Bertz CT molecular complexity index is 1230. The maximum Gasteiger partial charge on any atom is 0.343 e. The van der Waals surface area contributed by atoms with E-state index in [0.717, 1.165) is 22.4 Å². The Morgan fingerprint density at radius 1 is 1.03 bits per heavy atom. The minimum Gasteiger partial charge on any atom is -0.507 e. The van der Waals surface area contributed by atoms with Crippen LogP contribution < -0.4 is 4.74 Å². The van der Waals surface area contributed by atoms with Crippen LogP contribution in [0.3, 0.4) is 0 Å². The number of H-pyrrole nitrogens is 1. The van der Waals surface area contributed by atoms with Crippen LogP contribution in [0.5, 0.6) is 11.5 Å². The Labute approximate surface area is 179 Å². The fourth-order valence-corrected chi connectivity index (χ4v) is 3.64. The lowest BCUT2D eigenvalue weighted by Crippen LogP contribution is -2.13. The van der Waals surface area contributed by atoms with Crippen molar-refractivity contribution in [2.24, 2.45) is 0 Å². The predicted octanol–water partition coefficient (Wildman–Crippen LogP) is 5.66. The van der Waals surface area contributed by atoms with Crippen LogP contribution >= 0.6 is 11.6 Å². The smallest absolute Gasteiger partial charge is 0.343 e. The van der Waals surface area contributed by atoms with E-state index in [1.807, 2.05) is 45.0 Å². The first-order valence-electron chi connectivity index (χ1n) is 9.58. The van der Waals surface area contributed by atoms with Crippen molar-refractivity contribution in [3.05, 3.63) is 87.2 Å². The molecule has 0 spiro atoms. The van der Waals surface area contributed by atoms with E-state index in [9.17, 15) is 9.90 Å². The van der Waals surface area contributed by atoms with Crippen molar-refractivity contribution in [2.75, 3.05) is 0 Å². The van der Waals surface area contributed by atoms with Gasteiger partial charge in [-0.25, -0.2) is 9.78 Å². The van der Waals surface area contributed by atoms with Crippen LogP contribution in [-0.2, 0) is 6.42 Å². The Hall–Kier alpha value is -3.31. The quantitative estimate of drug-likeness (QED) is 0.330. The lowest BCUT2D eigenvalue weighted by atomic mass is 9.95. The van der Waals surface area contributed by atoms with E-state index in [0.29, 0.717) is 39.4 Å². The van der Waals surface area contributed by atoms with Gasteiger partial charge in [0.2, 0.25) is 0 Å². The number of para-hydroxylation sites is 2. The van der Waals surface area contributed by atoms with Gasteiger partial charge in [-0.2, -0.15) is 0 Å². The highest BCUT2D eigenvalue weighted by atomic mass is 35.5. The molecule has 30 heavy (non-hydrogen) atoms. The number of rotatable bonds is 4. The molecule has 0 atom stereocenters. The lowest BCUT2D eigenvalue weighted by molar-refractivity contribution is 0.0731. The number of hydrogen-bond donors (Lipinski definition) is 2. The monoisotopic (exact) mass is 420 g/mol. The fraction of sp³-hybridized carbons (Fsp3) is 0.167. The van der Waals surface area contributed by atoms with E-state index in [1.165, 1.54) is 0 Å². The fourth-order valence-electron chi connectivity index (χ4n) is 3.51. The Kier molecular flexibility index (Phi) is 5.22. The molecule has 4 aromatic rings. The van der Waals surface area contributed by atoms with Gasteiger partial charge < -0.3 is 14.8 Å². The number of hydrogen-bond acceptors (Lipinski definition) is 4. The van der Waals surface area contributed by atoms with E-state index >= 15 is 0 Å². The molecule has 4 rings (SSSR count). The second-order valence-corrected chi connectivity index (χ2v) is 7.74. The Morgan fingerprint density at radius 3 is 2.43 bits per heavy atom. The number of carbonyl (C=O) groups excluding carboxylic acids is 1. The summed E-state index contributed by atoms with van der Waals surface area (Å²) in [6, 6.07) is 14.3. The van der Waals surface area contributed by atoms with Gasteiger partial charge >= 0.3 is 5.97 Å². The number of ether oxygens (including phenoxy) is 1. The van der Waals surface area contributed by atoms with Crippen LogP contribution in [0.15, 0.2) is 48.5 Å². The van der Waals surface area contributed by atoms with Gasteiger partial charge in [-0.3, -0.25) is 0 Å². The van der Waals surface area contributed by atoms with Crippen molar-refractivity contribution in [3.63, 3.8) is 0 Å². The molecule has 152 valence electrons. The number of phenolic OH excluding ortho intramolecular Hbond substituents is 1. The second-order valence-electron chi connectivity index (χ2n) is 7.31. The third-order valence-electron chi connectivity index (χ3n) is 5.40. The molecule has 1 aromatic heterocycles. The first-order chi connectivity index (χ1) is 14.3. The number of esters is 1. The number of aromatic hydroxyl groups is 1. The number of nitrogens with zero attached hydrogens (tertiary/aromatic N) is 1. The highest BCUT2D eigenvalue weighted by Crippen LogP contribution is 2.38. The maximum absolute atomic E-state index is 12.8. The average Bonchev–Trinajstić information content (AvgIpc) is 3.16. The van der Waals surface area contributed by atoms with Crippen molar-refractivity contribution in [1.29, 1.82) is 0 Å². The molecule has 0 saturated carbocycles. The minimum atomic E-state index is -0.481. The molecule has 0 saturated heterocycles. The third kappa shape index (κ3) is 3.64. The molecule has 0 bridgehead atoms. The number of nitrogens with one attached hydrogen (secondary N) is 1. The minimum absolute atomic E-state index is 0.199. The normalized spacial score (nSPS) is 11.1. The van der Waals surface area contributed by atoms with Gasteiger partial charge in [0, 0.05) is 17.0 Å². The summed E-state index contributed by atoms with van der Waals surface area (Å²) in [5.74, 6) is 0.893. The molecule has 6 heteroatoms. The molecule has 0 aliphatic carbocycles. The van der Waals surface area contributed by atoms with Gasteiger partial charge in [-0.1, -0.05) is 23.7 Å². The predicted molar refractivity (Wildman–Crippen MR) is 118 cm³/mol. The molecular weight excluding hydrogens is 400 g/mol. The van der Waals surface area contributed by atoms with Crippen LogP contribution in [0.2, 0.25) is 5.02 Å². The van der Waals surface area contributed by atoms with Crippen molar-refractivity contribution in [3.8, 4) is 11.5 Å². The first kappa shape index (κ1) is 20.0. The summed E-state index contributed by atoms with van der Waals surface area (Å²) in [5.41, 5.74) is 4.97. The van der Waals surface area contributed by atoms with Crippen molar-refractivity contribution in [1.82, 2.24) is 9.97 Å². The van der Waals surface area contributed by atoms with Gasteiger partial charge in [0.25, 0.3) is 0 Å². The summed E-state index contributed by atoms with van der Waals surface area (Å²) in [5, 5.41) is 11.2. The molecule has 0 aliphatic heterocycles. The van der Waals surface area contributed by atoms with Gasteiger partial charge in [0.05, 0.1) is 16.6 Å². The number of aromatic nitrogens is 2. The number of aromatic amines is 1. The average molecular weight is 421 g/mol. The molecule has 2 N–H and O–H groups in total. The number of halogens is 1. The SMILES string of the molecule is Cc1c(C)c(OC(=O)c2ccc(Cl)cc2)c(Cc2nc3ccccc3[nH]2)c(C)c1O. The topological polar surface area (TPSA) is 75.2 Å². The van der Waals surface area contributed by atoms with Crippen LogP contribution in [0.1, 0.15) is 38.4 Å². The summed E-state index contributed by atoms with van der Waals surface area (Å²) < 4.78 is 5.83. The van der Waals surface area contributed by atoms with Gasteiger partial charge in [0.15, 0.2) is 0 Å². The zero-order valence-electron chi connectivity index (χ0n) is 16.9. The van der Waals surface area contributed by atoms with Crippen molar-refractivity contribution in [2.45, 2.75) is 27.2 Å². The molecule has 1 heterocycles. The molecule has 0 aliphatic rings. The number of imidazole rings is 1. The molecular formula is C24H21ClN2O3. The highest BCUT2D eigenvalue weighted by molar-refractivity contribution is 6.30. The molecule has 0 amide bonds. The first-order valence-corrected chi connectivity index (χ1v) is 9.96. The molecule has 3 aromatic carbocycles. The Morgan fingerprint density at radius 2 is 1.73 bits per heavy atom. The summed E-state index contributed by atoms with van der Waals surface area (Å²) in [6.07, 6.45) is 0.387. The second kappa shape index (κ2) is 7.84. The molecule has 5 nitrogen and oxygen atoms in total. The number of benzene rings is 3. The number of phenols is 1. The number of fused-ring (bicyclic) bond motifs is 1. The zero-order chi connectivity index (χ0) is 21.4. The van der Waals surface area contributed by atoms with E-state index in [-0.39, 0.29) is 5.75 Å². The Balaban J connectivity index is 1.76.